The molecule has 0 aliphatic carbocycles. The van der Waals surface area contributed by atoms with Gasteiger partial charge in [0, 0.05) is 29.7 Å². The largest absolute Gasteiger partial charge is 0.487 e. The number of aryl methyl sites for hydroxylation is 2. The van der Waals surface area contributed by atoms with Crippen LogP contribution in [0.1, 0.15) is 37.2 Å². The Morgan fingerprint density at radius 2 is 2.19 bits per heavy atom. The molecule has 3 rings (SSSR count). The molecule has 0 radical (unpaired) electrons. The van der Waals surface area contributed by atoms with E-state index in [-0.39, 0.29) is 23.7 Å². The van der Waals surface area contributed by atoms with Gasteiger partial charge in [-0.25, -0.2) is 9.37 Å². The van der Waals surface area contributed by atoms with Gasteiger partial charge >= 0.3 is 0 Å². The first-order chi connectivity index (χ1) is 12.4. The summed E-state index contributed by atoms with van der Waals surface area (Å²) in [4.78, 5) is 20.9. The zero-order valence-corrected chi connectivity index (χ0v) is 15.6. The maximum Gasteiger partial charge on any atom is 0.222 e. The number of benzene rings is 1. The van der Waals surface area contributed by atoms with Crippen LogP contribution in [-0.2, 0) is 11.2 Å². The first-order valence-corrected chi connectivity index (χ1v) is 8.97. The van der Waals surface area contributed by atoms with Crippen molar-refractivity contribution in [3.63, 3.8) is 0 Å². The van der Waals surface area contributed by atoms with Crippen LogP contribution >= 0.6 is 0 Å². The number of hydrogen-bond donors (Lipinski definition) is 1. The minimum Gasteiger partial charge on any atom is -0.487 e. The lowest BCUT2D eigenvalue weighted by molar-refractivity contribution is -0.124. The normalized spacial score (nSPS) is 16.7. The summed E-state index contributed by atoms with van der Waals surface area (Å²) in [6.45, 7) is 7.95. The third-order valence-electron chi connectivity index (χ3n) is 4.81. The van der Waals surface area contributed by atoms with E-state index in [2.05, 4.69) is 15.3 Å². The molecule has 1 amide bonds. The molecule has 0 bridgehead atoms. The second kappa shape index (κ2) is 7.40. The van der Waals surface area contributed by atoms with Gasteiger partial charge < -0.3 is 10.1 Å². The van der Waals surface area contributed by atoms with E-state index in [4.69, 9.17) is 4.74 Å². The highest BCUT2D eigenvalue weighted by Crippen LogP contribution is 2.40. The van der Waals surface area contributed by atoms with E-state index in [0.29, 0.717) is 30.0 Å². The molecule has 1 aliphatic heterocycles. The van der Waals surface area contributed by atoms with Gasteiger partial charge in [-0.2, -0.15) is 0 Å². The Hall–Kier alpha value is -2.50. The molecule has 1 N–H and O–H groups in total. The predicted molar refractivity (Wildman–Crippen MR) is 97.5 cm³/mol. The Kier molecular flexibility index (Phi) is 5.20. The molecule has 2 aromatic rings. The highest BCUT2D eigenvalue weighted by molar-refractivity contribution is 5.78. The molecule has 0 unspecified atom stereocenters. The lowest BCUT2D eigenvalue weighted by atomic mass is 10.0. The molecule has 2 atom stereocenters. The monoisotopic (exact) mass is 357 g/mol. The fourth-order valence-electron chi connectivity index (χ4n) is 3.03. The quantitative estimate of drug-likeness (QED) is 0.891. The molecule has 1 aromatic heterocycles. The number of carbonyl (C=O) groups is 1. The van der Waals surface area contributed by atoms with Crippen LogP contribution in [0.5, 0.6) is 5.75 Å². The summed E-state index contributed by atoms with van der Waals surface area (Å²) >= 11 is 0. The van der Waals surface area contributed by atoms with Crippen LogP contribution in [0, 0.1) is 25.6 Å². The summed E-state index contributed by atoms with van der Waals surface area (Å²) in [7, 11) is 0. The van der Waals surface area contributed by atoms with Crippen LogP contribution in [0.25, 0.3) is 11.3 Å². The van der Waals surface area contributed by atoms with Crippen molar-refractivity contribution in [2.45, 2.75) is 46.6 Å². The van der Waals surface area contributed by atoms with Crippen molar-refractivity contribution in [3.8, 4) is 17.0 Å². The van der Waals surface area contributed by atoms with Crippen LogP contribution in [0.15, 0.2) is 18.3 Å². The standard InChI is InChI=1S/C20H24FN3O2/c1-5-11(2)20(25)23-10-14-8-16-17(21)7-6-15(19(16)26-14)18-13(4)22-9-12(3)24-18/h6-7,9,11,14H,5,8,10H2,1-4H3,(H,23,25)/t11-,14-/m1/s1. The van der Waals surface area contributed by atoms with Crippen molar-refractivity contribution in [3.05, 3.63) is 41.1 Å². The van der Waals surface area contributed by atoms with Gasteiger partial charge in [-0.15, -0.1) is 0 Å². The molecule has 1 aliphatic rings. The highest BCUT2D eigenvalue weighted by Gasteiger charge is 2.30. The minimum absolute atomic E-state index is 0.00635. The minimum atomic E-state index is -0.294. The van der Waals surface area contributed by atoms with Crippen molar-refractivity contribution >= 4 is 5.91 Å². The maximum absolute atomic E-state index is 14.3. The van der Waals surface area contributed by atoms with Crippen LogP contribution in [0.2, 0.25) is 0 Å². The van der Waals surface area contributed by atoms with Gasteiger partial charge in [0.15, 0.2) is 0 Å². The molecule has 1 aromatic carbocycles. The smallest absolute Gasteiger partial charge is 0.222 e. The number of rotatable bonds is 5. The van der Waals surface area contributed by atoms with Gasteiger partial charge in [-0.1, -0.05) is 13.8 Å². The number of fused-ring (bicyclic) bond motifs is 1. The number of amides is 1. The molecular formula is C20H24FN3O2. The van der Waals surface area contributed by atoms with Crippen LogP contribution < -0.4 is 10.1 Å². The van der Waals surface area contributed by atoms with Crippen molar-refractivity contribution in [2.24, 2.45) is 5.92 Å². The van der Waals surface area contributed by atoms with Gasteiger partial charge in [-0.3, -0.25) is 9.78 Å². The number of hydrogen-bond acceptors (Lipinski definition) is 4. The first kappa shape index (κ1) is 18.3. The second-order valence-corrected chi connectivity index (χ2v) is 6.85. The van der Waals surface area contributed by atoms with Gasteiger partial charge in [0.25, 0.3) is 0 Å². The van der Waals surface area contributed by atoms with Crippen molar-refractivity contribution in [1.82, 2.24) is 15.3 Å². The SMILES string of the molecule is CC[C@@H](C)C(=O)NC[C@H]1Cc2c(F)ccc(-c3nc(C)cnc3C)c2O1. The zero-order chi connectivity index (χ0) is 18.8. The lowest BCUT2D eigenvalue weighted by Gasteiger charge is -2.15. The average molecular weight is 357 g/mol. The molecule has 0 spiro atoms. The Morgan fingerprint density at radius 3 is 2.92 bits per heavy atom. The fraction of sp³-hybridized carbons (Fsp3) is 0.450. The van der Waals surface area contributed by atoms with Crippen molar-refractivity contribution < 1.29 is 13.9 Å². The summed E-state index contributed by atoms with van der Waals surface area (Å²) in [5, 5.41) is 2.89. The van der Waals surface area contributed by atoms with E-state index in [9.17, 15) is 9.18 Å². The number of carbonyl (C=O) groups excluding carboxylic acids is 1. The zero-order valence-electron chi connectivity index (χ0n) is 15.6. The van der Waals surface area contributed by atoms with Crippen LogP contribution in [-0.4, -0.2) is 28.5 Å². The van der Waals surface area contributed by atoms with E-state index < -0.39 is 0 Å². The van der Waals surface area contributed by atoms with E-state index >= 15 is 0 Å². The van der Waals surface area contributed by atoms with E-state index in [1.807, 2.05) is 27.7 Å². The Morgan fingerprint density at radius 1 is 1.42 bits per heavy atom. The molecular weight excluding hydrogens is 333 g/mol. The van der Waals surface area contributed by atoms with Gasteiger partial charge in [0.2, 0.25) is 5.91 Å². The molecule has 26 heavy (non-hydrogen) atoms. The number of aromatic nitrogens is 2. The highest BCUT2D eigenvalue weighted by atomic mass is 19.1. The molecule has 6 heteroatoms. The van der Waals surface area contributed by atoms with Crippen LogP contribution in [0.4, 0.5) is 4.39 Å². The summed E-state index contributed by atoms with van der Waals surface area (Å²) in [5.74, 6) is 0.165. The summed E-state index contributed by atoms with van der Waals surface area (Å²) in [5.41, 5.74) is 3.53. The number of nitrogens with one attached hydrogen (secondary N) is 1. The Balaban J connectivity index is 1.84. The number of halogens is 1. The third-order valence-corrected chi connectivity index (χ3v) is 4.81. The van der Waals surface area contributed by atoms with E-state index in [1.54, 1.807) is 12.3 Å². The third kappa shape index (κ3) is 3.54. The second-order valence-electron chi connectivity index (χ2n) is 6.85. The molecule has 5 nitrogen and oxygen atoms in total. The summed E-state index contributed by atoms with van der Waals surface area (Å²) in [6, 6.07) is 3.13. The number of nitrogens with zero attached hydrogens (tertiary/aromatic N) is 2. The maximum atomic E-state index is 14.3. The van der Waals surface area contributed by atoms with Gasteiger partial charge in [-0.05, 0) is 32.4 Å². The summed E-state index contributed by atoms with van der Waals surface area (Å²) < 4.78 is 20.3. The molecule has 0 fully saturated rings. The molecule has 0 saturated heterocycles. The molecule has 0 saturated carbocycles. The van der Waals surface area contributed by atoms with Gasteiger partial charge in [0.05, 0.1) is 23.6 Å². The lowest BCUT2D eigenvalue weighted by Crippen LogP contribution is -2.37. The first-order valence-electron chi connectivity index (χ1n) is 8.97. The summed E-state index contributed by atoms with van der Waals surface area (Å²) in [6.07, 6.45) is 2.62. The molecule has 138 valence electrons. The predicted octanol–water partition coefficient (Wildman–Crippen LogP) is 3.37. The van der Waals surface area contributed by atoms with Crippen LogP contribution in [0.3, 0.4) is 0 Å². The average Bonchev–Trinajstić information content (AvgIpc) is 3.06. The fourth-order valence-corrected chi connectivity index (χ4v) is 3.03. The van der Waals surface area contributed by atoms with E-state index in [0.717, 1.165) is 23.4 Å². The van der Waals surface area contributed by atoms with Gasteiger partial charge in [0.1, 0.15) is 17.7 Å². The van der Waals surface area contributed by atoms with Crippen molar-refractivity contribution in [1.29, 1.82) is 0 Å². The Labute approximate surface area is 153 Å². The number of ether oxygens (including phenoxy) is 1. The van der Waals surface area contributed by atoms with Crippen molar-refractivity contribution in [2.75, 3.05) is 6.54 Å². The molecule has 2 heterocycles. The topological polar surface area (TPSA) is 64.1 Å². The Bertz CT molecular complexity index is 838. The van der Waals surface area contributed by atoms with E-state index in [1.165, 1.54) is 6.07 Å².